The Bertz CT molecular complexity index is 459. The summed E-state index contributed by atoms with van der Waals surface area (Å²) in [7, 11) is 0. The predicted molar refractivity (Wildman–Crippen MR) is 63.2 cm³/mol. The first-order valence-corrected chi connectivity index (χ1v) is 5.43. The van der Waals surface area contributed by atoms with E-state index < -0.39 is 10.9 Å². The summed E-state index contributed by atoms with van der Waals surface area (Å²) in [4.78, 5) is 21.4. The van der Waals surface area contributed by atoms with Crippen LogP contribution in [0.15, 0.2) is 12.1 Å². The number of ether oxygens (including phenoxy) is 1. The van der Waals surface area contributed by atoms with E-state index in [2.05, 4.69) is 0 Å². The highest BCUT2D eigenvalue weighted by Crippen LogP contribution is 2.29. The monoisotopic (exact) mass is 257 g/mol. The first kappa shape index (κ1) is 13.4. The molecule has 0 N–H and O–H groups in total. The van der Waals surface area contributed by atoms with Gasteiger partial charge < -0.3 is 4.74 Å². The fraction of sp³-hybridized carbons (Fsp3) is 0.364. The van der Waals surface area contributed by atoms with Crippen LogP contribution in [0, 0.1) is 17.0 Å². The van der Waals surface area contributed by atoms with Gasteiger partial charge in [-0.1, -0.05) is 17.7 Å². The van der Waals surface area contributed by atoms with Crippen LogP contribution in [0.4, 0.5) is 5.69 Å². The van der Waals surface area contributed by atoms with Gasteiger partial charge in [0.05, 0.1) is 23.0 Å². The van der Waals surface area contributed by atoms with E-state index in [1.165, 1.54) is 12.1 Å². The van der Waals surface area contributed by atoms with E-state index in [0.29, 0.717) is 17.7 Å². The average Bonchev–Trinajstić information content (AvgIpc) is 2.25. The van der Waals surface area contributed by atoms with Gasteiger partial charge in [-0.05, 0) is 19.4 Å². The molecule has 0 aliphatic rings. The molecule has 6 heteroatoms. The molecule has 0 amide bonds. The van der Waals surface area contributed by atoms with Crippen LogP contribution in [0.1, 0.15) is 18.1 Å². The van der Waals surface area contributed by atoms with Crippen molar-refractivity contribution in [1.29, 1.82) is 0 Å². The summed E-state index contributed by atoms with van der Waals surface area (Å²) in [5, 5.41) is 10.9. The Balaban J connectivity index is 3.00. The largest absolute Gasteiger partial charge is 0.466 e. The van der Waals surface area contributed by atoms with Gasteiger partial charge in [0.2, 0.25) is 0 Å². The maximum Gasteiger partial charge on any atom is 0.310 e. The van der Waals surface area contributed by atoms with Crippen LogP contribution >= 0.6 is 11.6 Å². The molecule has 5 nitrogen and oxygen atoms in total. The summed E-state index contributed by atoms with van der Waals surface area (Å²) in [6.07, 6.45) is 0.0194. The zero-order valence-corrected chi connectivity index (χ0v) is 10.3. The van der Waals surface area contributed by atoms with E-state index in [0.717, 1.165) is 0 Å². The lowest BCUT2D eigenvalue weighted by Gasteiger charge is -2.07. The van der Waals surface area contributed by atoms with Gasteiger partial charge in [0, 0.05) is 11.6 Å². The SMILES string of the molecule is CCOC(=O)Cc1ccc([N+](=O)[O-])c(C)c1Cl. The number of nitro benzene ring substituents is 1. The summed E-state index contributed by atoms with van der Waals surface area (Å²) in [5.41, 5.74) is 0.842. The van der Waals surface area contributed by atoms with Crippen LogP contribution in [-0.4, -0.2) is 17.5 Å². The molecule has 0 saturated carbocycles. The molecule has 0 saturated heterocycles. The topological polar surface area (TPSA) is 69.4 Å². The van der Waals surface area contributed by atoms with Crippen LogP contribution in [0.3, 0.4) is 0 Å². The van der Waals surface area contributed by atoms with Crippen LogP contribution in [0.2, 0.25) is 5.02 Å². The molecule has 1 aromatic carbocycles. The lowest BCUT2D eigenvalue weighted by Crippen LogP contribution is -2.08. The molecule has 0 heterocycles. The molecule has 0 aliphatic heterocycles. The predicted octanol–water partition coefficient (Wildman–Crippen LogP) is 2.66. The molecule has 0 radical (unpaired) electrons. The molecule has 0 fully saturated rings. The second kappa shape index (κ2) is 5.63. The normalized spacial score (nSPS) is 10.1. The number of benzene rings is 1. The quantitative estimate of drug-likeness (QED) is 0.472. The Hall–Kier alpha value is -1.62. The van der Waals surface area contributed by atoms with E-state index in [1.807, 2.05) is 0 Å². The number of carbonyl (C=O) groups is 1. The summed E-state index contributed by atoms with van der Waals surface area (Å²) < 4.78 is 4.79. The zero-order valence-electron chi connectivity index (χ0n) is 9.53. The standard InChI is InChI=1S/C11H12ClNO4/c1-3-17-10(14)6-8-4-5-9(13(15)16)7(2)11(8)12/h4-5H,3,6H2,1-2H3. The third kappa shape index (κ3) is 3.17. The molecule has 17 heavy (non-hydrogen) atoms. The highest BCUT2D eigenvalue weighted by Gasteiger charge is 2.17. The molecule has 92 valence electrons. The number of nitro groups is 1. The van der Waals surface area contributed by atoms with Gasteiger partial charge in [-0.2, -0.15) is 0 Å². The summed E-state index contributed by atoms with van der Waals surface area (Å²) in [6, 6.07) is 2.82. The van der Waals surface area contributed by atoms with Crippen molar-refractivity contribution >= 4 is 23.3 Å². The van der Waals surface area contributed by atoms with Crippen molar-refractivity contribution in [2.75, 3.05) is 6.61 Å². The highest BCUT2D eigenvalue weighted by molar-refractivity contribution is 6.32. The summed E-state index contributed by atoms with van der Waals surface area (Å²) in [6.45, 7) is 3.55. The fourth-order valence-corrected chi connectivity index (χ4v) is 1.66. The van der Waals surface area contributed by atoms with E-state index in [4.69, 9.17) is 16.3 Å². The van der Waals surface area contributed by atoms with Crippen molar-refractivity contribution in [3.63, 3.8) is 0 Å². The first-order valence-electron chi connectivity index (χ1n) is 5.05. The number of esters is 1. The van der Waals surface area contributed by atoms with Crippen molar-refractivity contribution in [3.05, 3.63) is 38.4 Å². The molecule has 0 aliphatic carbocycles. The van der Waals surface area contributed by atoms with Gasteiger partial charge in [-0.25, -0.2) is 0 Å². The molecule has 1 aromatic rings. The Morgan fingerprint density at radius 2 is 2.18 bits per heavy atom. The lowest BCUT2D eigenvalue weighted by molar-refractivity contribution is -0.385. The highest BCUT2D eigenvalue weighted by atomic mass is 35.5. The zero-order chi connectivity index (χ0) is 13.0. The lowest BCUT2D eigenvalue weighted by atomic mass is 10.1. The van der Waals surface area contributed by atoms with Gasteiger partial charge >= 0.3 is 5.97 Å². The van der Waals surface area contributed by atoms with Gasteiger partial charge in [-0.15, -0.1) is 0 Å². The molecule has 0 aromatic heterocycles. The minimum absolute atomic E-state index is 0.0194. The third-order valence-corrected chi connectivity index (χ3v) is 2.80. The minimum Gasteiger partial charge on any atom is -0.466 e. The maximum absolute atomic E-state index is 11.3. The number of nitrogens with zero attached hydrogens (tertiary/aromatic N) is 1. The van der Waals surface area contributed by atoms with E-state index in [1.54, 1.807) is 13.8 Å². The number of halogens is 1. The van der Waals surface area contributed by atoms with Crippen molar-refractivity contribution in [1.82, 2.24) is 0 Å². The van der Waals surface area contributed by atoms with Gasteiger partial charge in [0.1, 0.15) is 0 Å². The third-order valence-electron chi connectivity index (χ3n) is 2.27. The Morgan fingerprint density at radius 1 is 1.53 bits per heavy atom. The second-order valence-corrected chi connectivity index (χ2v) is 3.80. The average molecular weight is 258 g/mol. The molecule has 0 unspecified atom stereocenters. The fourth-order valence-electron chi connectivity index (χ4n) is 1.43. The van der Waals surface area contributed by atoms with E-state index in [9.17, 15) is 14.9 Å². The van der Waals surface area contributed by atoms with Crippen LogP contribution < -0.4 is 0 Å². The number of rotatable bonds is 4. The molecule has 0 atom stereocenters. The van der Waals surface area contributed by atoms with Crippen molar-refractivity contribution in [2.24, 2.45) is 0 Å². The molecule has 0 spiro atoms. The van der Waals surface area contributed by atoms with Crippen LogP contribution in [0.5, 0.6) is 0 Å². The Kier molecular flexibility index (Phi) is 4.45. The minimum atomic E-state index is -0.505. The van der Waals surface area contributed by atoms with E-state index in [-0.39, 0.29) is 17.1 Å². The number of hydrogen-bond donors (Lipinski definition) is 0. The second-order valence-electron chi connectivity index (χ2n) is 3.42. The van der Waals surface area contributed by atoms with Crippen molar-refractivity contribution in [3.8, 4) is 0 Å². The summed E-state index contributed by atoms with van der Waals surface area (Å²) in [5.74, 6) is -0.400. The number of carbonyl (C=O) groups excluding carboxylic acids is 1. The number of hydrogen-bond acceptors (Lipinski definition) is 4. The summed E-state index contributed by atoms with van der Waals surface area (Å²) >= 11 is 5.97. The van der Waals surface area contributed by atoms with Crippen LogP contribution in [-0.2, 0) is 16.0 Å². The van der Waals surface area contributed by atoms with E-state index >= 15 is 0 Å². The smallest absolute Gasteiger partial charge is 0.310 e. The molecule has 0 bridgehead atoms. The Labute approximate surface area is 103 Å². The van der Waals surface area contributed by atoms with Gasteiger partial charge in [0.25, 0.3) is 5.69 Å². The van der Waals surface area contributed by atoms with Crippen molar-refractivity contribution < 1.29 is 14.5 Å². The first-order chi connectivity index (χ1) is 7.97. The van der Waals surface area contributed by atoms with Gasteiger partial charge in [-0.3, -0.25) is 14.9 Å². The van der Waals surface area contributed by atoms with Gasteiger partial charge in [0.15, 0.2) is 0 Å². The molecular formula is C11H12ClNO4. The Morgan fingerprint density at radius 3 is 2.71 bits per heavy atom. The van der Waals surface area contributed by atoms with Crippen molar-refractivity contribution in [2.45, 2.75) is 20.3 Å². The maximum atomic E-state index is 11.3. The molecular weight excluding hydrogens is 246 g/mol. The molecule has 1 rings (SSSR count). The van der Waals surface area contributed by atoms with Crippen LogP contribution in [0.25, 0.3) is 0 Å².